The zero-order valence-corrected chi connectivity index (χ0v) is 17.2. The zero-order valence-electron chi connectivity index (χ0n) is 16.4. The molecule has 0 saturated carbocycles. The number of oxime groups is 1. The van der Waals surface area contributed by atoms with Crippen molar-refractivity contribution in [2.24, 2.45) is 5.16 Å². The summed E-state index contributed by atoms with van der Waals surface area (Å²) in [6.45, 7) is 1.37. The molecule has 4 rings (SSSR count). The number of thiophene rings is 1. The third-order valence-electron chi connectivity index (χ3n) is 4.45. The summed E-state index contributed by atoms with van der Waals surface area (Å²) in [6, 6.07) is 6.83. The molecule has 0 aliphatic carbocycles. The second-order valence-electron chi connectivity index (χ2n) is 6.84. The first kappa shape index (κ1) is 19.9. The summed E-state index contributed by atoms with van der Waals surface area (Å²) >= 11 is 1.20. The van der Waals surface area contributed by atoms with E-state index in [0.29, 0.717) is 44.4 Å². The molecule has 0 atom stereocenters. The second-order valence-corrected chi connectivity index (χ2v) is 7.87. The van der Waals surface area contributed by atoms with Gasteiger partial charge in [0.15, 0.2) is 11.5 Å². The fraction of sp³-hybridized carbons (Fsp3) is 0.263. The van der Waals surface area contributed by atoms with E-state index in [1.807, 2.05) is 19.0 Å². The van der Waals surface area contributed by atoms with Gasteiger partial charge in [0.1, 0.15) is 16.2 Å². The molecule has 4 N–H and O–H groups in total. The van der Waals surface area contributed by atoms with Gasteiger partial charge >= 0.3 is 0 Å². The van der Waals surface area contributed by atoms with Crippen LogP contribution >= 0.6 is 11.3 Å². The molecule has 3 aromatic rings. The maximum Gasteiger partial charge on any atom is 0.261 e. The predicted molar refractivity (Wildman–Crippen MR) is 113 cm³/mol. The van der Waals surface area contributed by atoms with E-state index in [-0.39, 0.29) is 24.4 Å². The number of rotatable bonds is 6. The Labute approximate surface area is 175 Å². The van der Waals surface area contributed by atoms with Crippen LogP contribution in [0.4, 0.5) is 5.95 Å². The Kier molecular flexibility index (Phi) is 5.38. The summed E-state index contributed by atoms with van der Waals surface area (Å²) in [4.78, 5) is 24.0. The molecular weight excluding hydrogens is 408 g/mol. The predicted octanol–water partition coefficient (Wildman–Crippen LogP) is 1.52. The van der Waals surface area contributed by atoms with Gasteiger partial charge in [-0.05, 0) is 38.4 Å². The lowest BCUT2D eigenvalue weighted by Crippen LogP contribution is -2.30. The van der Waals surface area contributed by atoms with Gasteiger partial charge in [-0.25, -0.2) is 9.97 Å². The van der Waals surface area contributed by atoms with Crippen LogP contribution in [0.15, 0.2) is 29.4 Å². The number of fused-ring (bicyclic) bond motifs is 2. The minimum Gasteiger partial charge on any atom is -0.454 e. The molecule has 1 aliphatic heterocycles. The van der Waals surface area contributed by atoms with E-state index in [1.165, 1.54) is 11.3 Å². The lowest BCUT2D eigenvalue weighted by molar-refractivity contribution is 0.0955. The van der Waals surface area contributed by atoms with Crippen LogP contribution < -0.4 is 20.5 Å². The Morgan fingerprint density at radius 1 is 1.30 bits per heavy atom. The third-order valence-corrected chi connectivity index (χ3v) is 5.48. The van der Waals surface area contributed by atoms with Crippen LogP contribution in [0.1, 0.15) is 20.9 Å². The lowest BCUT2D eigenvalue weighted by Gasteiger charge is -2.09. The van der Waals surface area contributed by atoms with Crippen molar-refractivity contribution >= 4 is 39.1 Å². The Balaban J connectivity index is 1.71. The summed E-state index contributed by atoms with van der Waals surface area (Å²) in [5, 5.41) is 16.6. The Morgan fingerprint density at radius 2 is 2.10 bits per heavy atom. The molecule has 10 nitrogen and oxygen atoms in total. The zero-order chi connectivity index (χ0) is 21.3. The van der Waals surface area contributed by atoms with E-state index in [9.17, 15) is 10.0 Å². The number of likely N-dealkylation sites (N-methyl/N-ethyl adjacent to an activating group) is 1. The number of anilines is 1. The summed E-state index contributed by atoms with van der Waals surface area (Å²) in [5.41, 5.74) is 6.95. The number of carbonyl (C=O) groups excluding carboxylic acids is 1. The molecule has 0 fully saturated rings. The number of amides is 1. The number of nitrogen functional groups attached to an aromatic ring is 1. The molecule has 0 unspecified atom stereocenters. The maximum atomic E-state index is 12.5. The first-order valence-corrected chi connectivity index (χ1v) is 9.90. The fourth-order valence-corrected chi connectivity index (χ4v) is 3.95. The Morgan fingerprint density at radius 3 is 2.87 bits per heavy atom. The molecule has 0 saturated heterocycles. The molecule has 0 bridgehead atoms. The second kappa shape index (κ2) is 8.13. The molecule has 156 valence electrons. The van der Waals surface area contributed by atoms with Crippen LogP contribution in [0.5, 0.6) is 11.5 Å². The smallest absolute Gasteiger partial charge is 0.261 e. The number of hydrogen-bond donors (Lipinski definition) is 3. The van der Waals surface area contributed by atoms with Gasteiger partial charge in [-0.15, -0.1) is 11.3 Å². The van der Waals surface area contributed by atoms with Crippen molar-refractivity contribution in [3.05, 3.63) is 40.4 Å². The van der Waals surface area contributed by atoms with Crippen LogP contribution in [-0.2, 0) is 0 Å². The van der Waals surface area contributed by atoms with Gasteiger partial charge in [-0.1, -0.05) is 5.16 Å². The number of hydrogen-bond acceptors (Lipinski definition) is 10. The quantitative estimate of drug-likeness (QED) is 0.306. The Bertz CT molecular complexity index is 1140. The summed E-state index contributed by atoms with van der Waals surface area (Å²) < 4.78 is 10.7. The van der Waals surface area contributed by atoms with Crippen molar-refractivity contribution in [2.75, 3.05) is 39.7 Å². The van der Waals surface area contributed by atoms with Gasteiger partial charge in [-0.3, -0.25) is 4.79 Å². The van der Waals surface area contributed by atoms with E-state index in [0.717, 1.165) is 6.54 Å². The molecule has 2 aromatic heterocycles. The summed E-state index contributed by atoms with van der Waals surface area (Å²) in [5.74, 6) is 0.949. The number of benzene rings is 1. The standard InChI is InChI=1S/C19H20N6O4S/c1-25(2)6-5-21-17(26)14-8-11-16(22-19(20)23-18(11)30-14)15(24-27)10-3-4-12-13(7-10)29-9-28-12/h3-4,7-8,27H,5-6,9H2,1-2H3,(H,21,26)(H2,20,22,23)/b24-15-. The first-order valence-electron chi connectivity index (χ1n) is 9.08. The van der Waals surface area contributed by atoms with Crippen LogP contribution in [0, 0.1) is 0 Å². The van der Waals surface area contributed by atoms with E-state index in [4.69, 9.17) is 15.2 Å². The summed E-state index contributed by atoms with van der Waals surface area (Å²) in [7, 11) is 3.87. The minimum absolute atomic E-state index is 0.0146. The molecule has 3 heterocycles. The molecular formula is C19H20N6O4S. The summed E-state index contributed by atoms with van der Waals surface area (Å²) in [6.07, 6.45) is 0. The fourth-order valence-electron chi connectivity index (χ4n) is 3.00. The van der Waals surface area contributed by atoms with E-state index in [2.05, 4.69) is 20.4 Å². The maximum absolute atomic E-state index is 12.5. The highest BCUT2D eigenvalue weighted by atomic mass is 32.1. The van der Waals surface area contributed by atoms with Crippen LogP contribution in [0.25, 0.3) is 10.2 Å². The minimum atomic E-state index is -0.213. The number of nitrogens with zero attached hydrogens (tertiary/aromatic N) is 4. The van der Waals surface area contributed by atoms with E-state index >= 15 is 0 Å². The highest BCUT2D eigenvalue weighted by molar-refractivity contribution is 7.20. The van der Waals surface area contributed by atoms with Crippen molar-refractivity contribution in [2.45, 2.75) is 0 Å². The van der Waals surface area contributed by atoms with Crippen molar-refractivity contribution in [1.82, 2.24) is 20.2 Å². The van der Waals surface area contributed by atoms with Gasteiger partial charge < -0.3 is 30.6 Å². The van der Waals surface area contributed by atoms with E-state index in [1.54, 1.807) is 24.3 Å². The van der Waals surface area contributed by atoms with Crippen molar-refractivity contribution < 1.29 is 19.5 Å². The average molecular weight is 428 g/mol. The average Bonchev–Trinajstić information content (AvgIpc) is 3.34. The van der Waals surface area contributed by atoms with Gasteiger partial charge in [0.05, 0.1) is 4.88 Å². The van der Waals surface area contributed by atoms with Crippen molar-refractivity contribution in [1.29, 1.82) is 0 Å². The topological polar surface area (TPSA) is 135 Å². The molecule has 1 aliphatic rings. The highest BCUT2D eigenvalue weighted by Gasteiger charge is 2.22. The number of nitrogens with two attached hydrogens (primary N) is 1. The number of nitrogens with one attached hydrogen (secondary N) is 1. The van der Waals surface area contributed by atoms with Gasteiger partial charge in [0.2, 0.25) is 12.7 Å². The van der Waals surface area contributed by atoms with Gasteiger partial charge in [0, 0.05) is 24.0 Å². The van der Waals surface area contributed by atoms with Crippen LogP contribution in [0.2, 0.25) is 0 Å². The molecule has 0 spiro atoms. The van der Waals surface area contributed by atoms with Crippen LogP contribution in [-0.4, -0.2) is 65.7 Å². The number of aromatic nitrogens is 2. The van der Waals surface area contributed by atoms with Crippen molar-refractivity contribution in [3.8, 4) is 11.5 Å². The monoisotopic (exact) mass is 428 g/mol. The number of ether oxygens (including phenoxy) is 2. The van der Waals surface area contributed by atoms with Crippen molar-refractivity contribution in [3.63, 3.8) is 0 Å². The SMILES string of the molecule is CN(C)CCNC(=O)c1cc2c(/C(=N\O)c3ccc4c(c3)OCO4)nc(N)nc2s1. The third kappa shape index (κ3) is 3.84. The van der Waals surface area contributed by atoms with E-state index < -0.39 is 0 Å². The molecule has 1 amide bonds. The van der Waals surface area contributed by atoms with Gasteiger partial charge in [0.25, 0.3) is 5.91 Å². The van der Waals surface area contributed by atoms with Crippen LogP contribution in [0.3, 0.4) is 0 Å². The highest BCUT2D eigenvalue weighted by Crippen LogP contribution is 2.34. The molecule has 0 radical (unpaired) electrons. The molecule has 11 heteroatoms. The van der Waals surface area contributed by atoms with Gasteiger partial charge in [-0.2, -0.15) is 0 Å². The normalized spacial score (nSPS) is 13.2. The lowest BCUT2D eigenvalue weighted by atomic mass is 10.0. The molecule has 1 aromatic carbocycles. The molecule has 30 heavy (non-hydrogen) atoms. The number of carbonyl (C=O) groups is 1. The largest absolute Gasteiger partial charge is 0.454 e. The first-order chi connectivity index (χ1) is 14.5. The Hall–Kier alpha value is -3.44.